The molecule has 1 aliphatic heterocycles. The van der Waals surface area contributed by atoms with Crippen molar-refractivity contribution in [3.63, 3.8) is 0 Å². The van der Waals surface area contributed by atoms with Gasteiger partial charge in [-0.1, -0.05) is 32.1 Å². The average molecular weight is 390 g/mol. The first kappa shape index (κ1) is 19.7. The molecule has 3 amide bonds. The van der Waals surface area contributed by atoms with Gasteiger partial charge in [-0.15, -0.1) is 0 Å². The highest BCUT2D eigenvalue weighted by atomic mass is 16.2. The molecule has 0 aromatic heterocycles. The van der Waals surface area contributed by atoms with Crippen LogP contribution in [0.1, 0.15) is 83.5 Å². The number of carbonyl (C=O) groups is 3. The quantitative estimate of drug-likeness (QED) is 0.733. The largest absolute Gasteiger partial charge is 0.352 e. The number of nitrogens with zero attached hydrogens (tertiary/aromatic N) is 1. The minimum absolute atomic E-state index is 0.00802. The second kappa shape index (κ2) is 8.83. The van der Waals surface area contributed by atoms with Gasteiger partial charge in [0.15, 0.2) is 0 Å². The number of hydrogen-bond donors (Lipinski definition) is 2. The van der Waals surface area contributed by atoms with Crippen LogP contribution >= 0.6 is 0 Å². The van der Waals surface area contributed by atoms with Gasteiger partial charge in [0.2, 0.25) is 17.7 Å². The summed E-state index contributed by atoms with van der Waals surface area (Å²) in [5.74, 6) is 0.329. The Morgan fingerprint density at radius 1 is 0.750 bits per heavy atom. The summed E-state index contributed by atoms with van der Waals surface area (Å²) in [5, 5.41) is 6.27. The zero-order chi connectivity index (χ0) is 19.5. The Morgan fingerprint density at radius 2 is 1.43 bits per heavy atom. The Morgan fingerprint density at radius 3 is 2.11 bits per heavy atom. The summed E-state index contributed by atoms with van der Waals surface area (Å²) < 4.78 is 0. The van der Waals surface area contributed by atoms with Crippen LogP contribution in [0.3, 0.4) is 0 Å². The summed E-state index contributed by atoms with van der Waals surface area (Å²) in [7, 11) is 0. The van der Waals surface area contributed by atoms with Crippen LogP contribution in [0.2, 0.25) is 0 Å². The van der Waals surface area contributed by atoms with Gasteiger partial charge in [0, 0.05) is 18.5 Å². The number of rotatable bonds is 6. The van der Waals surface area contributed by atoms with Crippen molar-refractivity contribution in [1.29, 1.82) is 0 Å². The zero-order valence-corrected chi connectivity index (χ0v) is 17.0. The Balaban J connectivity index is 1.44. The van der Waals surface area contributed by atoms with Crippen LogP contribution < -0.4 is 10.6 Å². The molecule has 0 unspecified atom stereocenters. The van der Waals surface area contributed by atoms with E-state index in [0.717, 1.165) is 64.2 Å². The monoisotopic (exact) mass is 389 g/mol. The van der Waals surface area contributed by atoms with E-state index in [0.29, 0.717) is 6.54 Å². The van der Waals surface area contributed by atoms with Crippen LogP contribution in [-0.2, 0) is 14.4 Å². The van der Waals surface area contributed by atoms with Crippen molar-refractivity contribution in [2.45, 2.75) is 102 Å². The lowest BCUT2D eigenvalue weighted by Crippen LogP contribution is -2.56. The van der Waals surface area contributed by atoms with E-state index in [4.69, 9.17) is 0 Å². The van der Waals surface area contributed by atoms with E-state index < -0.39 is 6.04 Å². The molecule has 156 valence electrons. The summed E-state index contributed by atoms with van der Waals surface area (Å²) in [6.07, 6.45) is 13.4. The minimum Gasteiger partial charge on any atom is -0.352 e. The van der Waals surface area contributed by atoms with E-state index in [9.17, 15) is 14.4 Å². The molecule has 4 fully saturated rings. The highest BCUT2D eigenvalue weighted by Gasteiger charge is 2.42. The van der Waals surface area contributed by atoms with Crippen LogP contribution in [0, 0.1) is 11.8 Å². The standard InChI is InChI=1S/C22H35N3O3/c26-20(16-12-13-16)24-19(15-7-2-1-3-8-15)22(28)25-14-6-11-18(25)21(27)23-17-9-4-5-10-17/h15-19H,1-14H2,(H,23,27)(H,24,26)/t18-,19-/m0/s1. The van der Waals surface area contributed by atoms with Crippen LogP contribution in [0.5, 0.6) is 0 Å². The molecule has 0 aromatic rings. The molecule has 28 heavy (non-hydrogen) atoms. The fraction of sp³-hybridized carbons (Fsp3) is 0.864. The van der Waals surface area contributed by atoms with Crippen LogP contribution in [0.15, 0.2) is 0 Å². The smallest absolute Gasteiger partial charge is 0.246 e. The first-order chi connectivity index (χ1) is 13.6. The number of likely N-dealkylation sites (tertiary alicyclic amines) is 1. The van der Waals surface area contributed by atoms with E-state index in [1.807, 2.05) is 0 Å². The molecule has 4 aliphatic rings. The van der Waals surface area contributed by atoms with Crippen molar-refractivity contribution < 1.29 is 14.4 Å². The van der Waals surface area contributed by atoms with E-state index >= 15 is 0 Å². The molecule has 1 saturated heterocycles. The highest BCUT2D eigenvalue weighted by molar-refractivity contribution is 5.93. The molecular weight excluding hydrogens is 354 g/mol. The van der Waals surface area contributed by atoms with E-state index in [2.05, 4.69) is 10.6 Å². The van der Waals surface area contributed by atoms with Gasteiger partial charge in [-0.2, -0.15) is 0 Å². The molecular formula is C22H35N3O3. The van der Waals surface area contributed by atoms with Gasteiger partial charge in [-0.05, 0) is 57.3 Å². The topological polar surface area (TPSA) is 78.5 Å². The van der Waals surface area contributed by atoms with E-state index in [1.165, 1.54) is 19.3 Å². The maximum atomic E-state index is 13.5. The molecule has 4 rings (SSSR count). The van der Waals surface area contributed by atoms with Crippen molar-refractivity contribution in [1.82, 2.24) is 15.5 Å². The maximum absolute atomic E-state index is 13.5. The van der Waals surface area contributed by atoms with Gasteiger partial charge >= 0.3 is 0 Å². The Kier molecular flexibility index (Phi) is 6.22. The first-order valence-corrected chi connectivity index (χ1v) is 11.5. The second-order valence-electron chi connectivity index (χ2n) is 9.34. The lowest BCUT2D eigenvalue weighted by atomic mass is 9.83. The van der Waals surface area contributed by atoms with E-state index in [1.54, 1.807) is 4.90 Å². The summed E-state index contributed by atoms with van der Waals surface area (Å²) in [6.45, 7) is 0.629. The third-order valence-corrected chi connectivity index (χ3v) is 7.17. The third kappa shape index (κ3) is 4.52. The fourth-order valence-corrected chi connectivity index (χ4v) is 5.31. The maximum Gasteiger partial charge on any atom is 0.246 e. The predicted molar refractivity (Wildman–Crippen MR) is 106 cm³/mol. The number of nitrogens with one attached hydrogen (secondary N) is 2. The van der Waals surface area contributed by atoms with Crippen molar-refractivity contribution >= 4 is 17.7 Å². The van der Waals surface area contributed by atoms with Crippen LogP contribution in [0.25, 0.3) is 0 Å². The number of amides is 3. The van der Waals surface area contributed by atoms with Crippen molar-refractivity contribution in [3.05, 3.63) is 0 Å². The molecule has 2 N–H and O–H groups in total. The van der Waals surface area contributed by atoms with Gasteiger partial charge in [0.05, 0.1) is 0 Å². The summed E-state index contributed by atoms with van der Waals surface area (Å²) in [5.41, 5.74) is 0. The van der Waals surface area contributed by atoms with Gasteiger partial charge in [-0.25, -0.2) is 0 Å². The van der Waals surface area contributed by atoms with Crippen molar-refractivity contribution in [2.24, 2.45) is 11.8 Å². The molecule has 6 nitrogen and oxygen atoms in total. The molecule has 0 aromatic carbocycles. The third-order valence-electron chi connectivity index (χ3n) is 7.17. The highest BCUT2D eigenvalue weighted by Crippen LogP contribution is 2.32. The van der Waals surface area contributed by atoms with Gasteiger partial charge in [0.1, 0.15) is 12.1 Å². The summed E-state index contributed by atoms with van der Waals surface area (Å²) in [4.78, 5) is 40.6. The molecule has 0 spiro atoms. The predicted octanol–water partition coefficient (Wildman–Crippen LogP) is 2.51. The van der Waals surface area contributed by atoms with Gasteiger partial charge in [-0.3, -0.25) is 14.4 Å². The van der Waals surface area contributed by atoms with Crippen LogP contribution in [0.4, 0.5) is 0 Å². The molecule has 0 radical (unpaired) electrons. The minimum atomic E-state index is -0.451. The van der Waals surface area contributed by atoms with Gasteiger partial charge in [0.25, 0.3) is 0 Å². The molecule has 3 aliphatic carbocycles. The van der Waals surface area contributed by atoms with Crippen molar-refractivity contribution in [3.8, 4) is 0 Å². The van der Waals surface area contributed by atoms with Crippen LogP contribution in [-0.4, -0.2) is 47.3 Å². The van der Waals surface area contributed by atoms with Gasteiger partial charge < -0.3 is 15.5 Å². The Bertz CT molecular complexity index is 592. The average Bonchev–Trinajstić information content (AvgIpc) is 3.22. The Labute approximate surface area is 168 Å². The lowest BCUT2D eigenvalue weighted by Gasteiger charge is -2.35. The first-order valence-electron chi connectivity index (χ1n) is 11.5. The summed E-state index contributed by atoms with van der Waals surface area (Å²) >= 11 is 0. The number of hydrogen-bond acceptors (Lipinski definition) is 3. The fourth-order valence-electron chi connectivity index (χ4n) is 5.31. The zero-order valence-electron chi connectivity index (χ0n) is 17.0. The lowest BCUT2D eigenvalue weighted by molar-refractivity contribution is -0.143. The number of carbonyl (C=O) groups excluding carboxylic acids is 3. The van der Waals surface area contributed by atoms with Crippen molar-refractivity contribution in [2.75, 3.05) is 6.54 Å². The molecule has 0 bridgehead atoms. The molecule has 6 heteroatoms. The Hall–Kier alpha value is -1.59. The normalized spacial score (nSPS) is 27.6. The molecule has 1 heterocycles. The second-order valence-corrected chi connectivity index (χ2v) is 9.34. The van der Waals surface area contributed by atoms with E-state index in [-0.39, 0.29) is 41.6 Å². The molecule has 2 atom stereocenters. The summed E-state index contributed by atoms with van der Waals surface area (Å²) in [6, 6.07) is -0.543. The molecule has 3 saturated carbocycles. The SMILES string of the molecule is O=C(N[C@H](C(=O)N1CCC[C@H]1C(=O)NC1CCCC1)C1CCCCC1)C1CC1.